The Bertz CT molecular complexity index is 1240. The quantitative estimate of drug-likeness (QED) is 0.351. The van der Waals surface area contributed by atoms with Gasteiger partial charge in [0.2, 0.25) is 5.91 Å². The Balaban J connectivity index is 1.42. The van der Waals surface area contributed by atoms with E-state index in [-0.39, 0.29) is 17.9 Å². The summed E-state index contributed by atoms with van der Waals surface area (Å²) in [5.41, 5.74) is 8.99. The van der Waals surface area contributed by atoms with Crippen LogP contribution in [-0.4, -0.2) is 22.4 Å². The molecule has 1 fully saturated rings. The Labute approximate surface area is 200 Å². The number of nitrogens with zero attached hydrogens (tertiary/aromatic N) is 1. The number of carbonyl (C=O) groups is 1. The number of H-pyrrole nitrogens is 1. The number of rotatable bonds is 7. The summed E-state index contributed by atoms with van der Waals surface area (Å²) in [5, 5.41) is 5.76. The van der Waals surface area contributed by atoms with Crippen molar-refractivity contribution < 1.29 is 4.79 Å². The van der Waals surface area contributed by atoms with Crippen molar-refractivity contribution in [1.29, 1.82) is 0 Å². The predicted molar refractivity (Wildman–Crippen MR) is 137 cm³/mol. The van der Waals surface area contributed by atoms with E-state index < -0.39 is 0 Å². The molecule has 34 heavy (non-hydrogen) atoms. The van der Waals surface area contributed by atoms with Crippen molar-refractivity contribution in [3.63, 3.8) is 0 Å². The second-order valence-electron chi connectivity index (χ2n) is 9.39. The number of hydrogen-bond acceptors (Lipinski definition) is 3. The molecule has 1 aliphatic carbocycles. The van der Waals surface area contributed by atoms with Crippen molar-refractivity contribution in [2.45, 2.75) is 38.1 Å². The second-order valence-corrected chi connectivity index (χ2v) is 9.39. The van der Waals surface area contributed by atoms with E-state index in [1.54, 1.807) is 0 Å². The Morgan fingerprint density at radius 2 is 1.71 bits per heavy atom. The molecule has 5 heteroatoms. The Morgan fingerprint density at radius 1 is 0.971 bits per heavy atom. The first-order chi connectivity index (χ1) is 16.7. The Kier molecular flexibility index (Phi) is 6.72. The van der Waals surface area contributed by atoms with Crippen LogP contribution in [0.15, 0.2) is 79.0 Å². The van der Waals surface area contributed by atoms with Crippen LogP contribution < -0.4 is 11.1 Å². The van der Waals surface area contributed by atoms with Crippen LogP contribution >= 0.6 is 0 Å². The molecule has 1 amide bonds. The summed E-state index contributed by atoms with van der Waals surface area (Å²) in [5.74, 6) is 1.50. The molecule has 5 rings (SSSR count). The highest BCUT2D eigenvalue weighted by atomic mass is 16.1. The minimum atomic E-state index is -0.233. The van der Waals surface area contributed by atoms with E-state index in [2.05, 4.69) is 52.8 Å². The van der Waals surface area contributed by atoms with Gasteiger partial charge in [-0.1, -0.05) is 72.8 Å². The lowest BCUT2D eigenvalue weighted by Crippen LogP contribution is -2.37. The molecule has 5 nitrogen and oxygen atoms in total. The lowest BCUT2D eigenvalue weighted by molar-refractivity contribution is -0.127. The molecule has 0 aliphatic heterocycles. The van der Waals surface area contributed by atoms with Gasteiger partial charge in [-0.15, -0.1) is 0 Å². The molecule has 174 valence electrons. The van der Waals surface area contributed by atoms with Crippen LogP contribution in [-0.2, 0) is 11.2 Å². The summed E-state index contributed by atoms with van der Waals surface area (Å²) in [6.07, 6.45) is 6.47. The molecule has 0 bridgehead atoms. The van der Waals surface area contributed by atoms with Gasteiger partial charge in [0.15, 0.2) is 0 Å². The van der Waals surface area contributed by atoms with Gasteiger partial charge in [-0.3, -0.25) is 4.79 Å². The molecule has 1 aliphatic rings. The molecule has 1 unspecified atom stereocenters. The molecule has 1 heterocycles. The first-order valence-corrected chi connectivity index (χ1v) is 12.3. The third kappa shape index (κ3) is 4.90. The predicted octanol–water partition coefficient (Wildman–Crippen LogP) is 5.40. The zero-order chi connectivity index (χ0) is 23.3. The van der Waals surface area contributed by atoms with Gasteiger partial charge in [-0.05, 0) is 54.5 Å². The zero-order valence-electron chi connectivity index (χ0n) is 19.4. The van der Waals surface area contributed by atoms with Gasteiger partial charge in [-0.2, -0.15) is 0 Å². The number of amides is 1. The molecule has 3 aromatic carbocycles. The van der Waals surface area contributed by atoms with Gasteiger partial charge in [0.25, 0.3) is 0 Å². The van der Waals surface area contributed by atoms with Crippen LogP contribution in [0.2, 0.25) is 0 Å². The molecular weight excluding hydrogens is 420 g/mol. The SMILES string of the molecule is NC[C@H]1CC[C@H](C(=O)NC(Cc2cccc3ccccc23)c2nc(-c3ccccc3)c[nH]2)CC1. The monoisotopic (exact) mass is 452 g/mol. The summed E-state index contributed by atoms with van der Waals surface area (Å²) in [7, 11) is 0. The van der Waals surface area contributed by atoms with Crippen LogP contribution in [0.1, 0.15) is 43.1 Å². The van der Waals surface area contributed by atoms with E-state index in [9.17, 15) is 4.79 Å². The van der Waals surface area contributed by atoms with E-state index in [0.717, 1.165) is 42.8 Å². The summed E-state index contributed by atoms with van der Waals surface area (Å²) >= 11 is 0. The third-order valence-electron chi connectivity index (χ3n) is 7.17. The maximum atomic E-state index is 13.3. The van der Waals surface area contributed by atoms with Crippen molar-refractivity contribution in [2.75, 3.05) is 6.54 Å². The molecule has 1 aromatic heterocycles. The summed E-state index contributed by atoms with van der Waals surface area (Å²) in [6, 6.07) is 24.6. The third-order valence-corrected chi connectivity index (χ3v) is 7.17. The minimum absolute atomic E-state index is 0.0429. The van der Waals surface area contributed by atoms with Crippen LogP contribution in [0.3, 0.4) is 0 Å². The molecule has 4 aromatic rings. The molecular formula is C29H32N4O. The highest BCUT2D eigenvalue weighted by molar-refractivity contribution is 5.86. The maximum absolute atomic E-state index is 13.3. The van der Waals surface area contributed by atoms with Crippen molar-refractivity contribution in [3.8, 4) is 11.3 Å². The highest BCUT2D eigenvalue weighted by Gasteiger charge is 2.28. The fraction of sp³-hybridized carbons (Fsp3) is 0.310. The van der Waals surface area contributed by atoms with E-state index in [4.69, 9.17) is 10.7 Å². The summed E-state index contributed by atoms with van der Waals surface area (Å²) in [6.45, 7) is 0.715. The van der Waals surface area contributed by atoms with Crippen LogP contribution in [0.5, 0.6) is 0 Å². The number of benzene rings is 3. The first-order valence-electron chi connectivity index (χ1n) is 12.3. The van der Waals surface area contributed by atoms with Crippen LogP contribution in [0.4, 0.5) is 0 Å². The van der Waals surface area contributed by atoms with Crippen molar-refractivity contribution in [2.24, 2.45) is 17.6 Å². The van der Waals surface area contributed by atoms with Gasteiger partial charge >= 0.3 is 0 Å². The summed E-state index contributed by atoms with van der Waals surface area (Å²) in [4.78, 5) is 21.6. The lowest BCUT2D eigenvalue weighted by atomic mass is 9.81. The smallest absolute Gasteiger partial charge is 0.223 e. The van der Waals surface area contributed by atoms with Crippen molar-refractivity contribution in [3.05, 3.63) is 90.4 Å². The minimum Gasteiger partial charge on any atom is -0.346 e. The standard InChI is InChI=1S/C29H32N4O/c30-18-20-13-15-23(16-14-20)29(34)33-26(17-24-11-6-10-21-7-4-5-12-25(21)24)28-31-19-27(32-28)22-8-2-1-3-9-22/h1-12,19-20,23,26H,13-18,30H2,(H,31,32)(H,33,34)/t20-,23-,26?. The normalized spacial score (nSPS) is 19.1. The van der Waals surface area contributed by atoms with Gasteiger partial charge in [-0.25, -0.2) is 4.98 Å². The van der Waals surface area contributed by atoms with E-state index >= 15 is 0 Å². The van der Waals surface area contributed by atoms with Gasteiger partial charge in [0.05, 0.1) is 11.7 Å². The average molecular weight is 453 g/mol. The Morgan fingerprint density at radius 3 is 2.50 bits per heavy atom. The first kappa shape index (κ1) is 22.4. The fourth-order valence-electron chi connectivity index (χ4n) is 5.13. The maximum Gasteiger partial charge on any atom is 0.223 e. The van der Waals surface area contributed by atoms with E-state index in [1.165, 1.54) is 16.3 Å². The topological polar surface area (TPSA) is 83.8 Å². The molecule has 0 saturated heterocycles. The number of hydrogen-bond donors (Lipinski definition) is 3. The van der Waals surface area contributed by atoms with Crippen LogP contribution in [0, 0.1) is 11.8 Å². The summed E-state index contributed by atoms with van der Waals surface area (Å²) < 4.78 is 0. The van der Waals surface area contributed by atoms with Crippen molar-refractivity contribution >= 4 is 16.7 Å². The molecule has 1 atom stereocenters. The molecule has 0 spiro atoms. The van der Waals surface area contributed by atoms with E-state index in [0.29, 0.717) is 18.9 Å². The van der Waals surface area contributed by atoms with Gasteiger partial charge in [0.1, 0.15) is 5.82 Å². The molecule has 1 saturated carbocycles. The number of aromatic amines is 1. The number of imidazole rings is 1. The number of nitrogens with one attached hydrogen (secondary N) is 2. The van der Waals surface area contributed by atoms with Gasteiger partial charge < -0.3 is 16.0 Å². The number of nitrogens with two attached hydrogens (primary N) is 1. The lowest BCUT2D eigenvalue weighted by Gasteiger charge is -2.28. The molecule has 0 radical (unpaired) electrons. The number of aromatic nitrogens is 2. The van der Waals surface area contributed by atoms with E-state index in [1.807, 2.05) is 36.5 Å². The average Bonchev–Trinajstić information content (AvgIpc) is 3.39. The zero-order valence-corrected chi connectivity index (χ0v) is 19.4. The van der Waals surface area contributed by atoms with Crippen LogP contribution in [0.25, 0.3) is 22.0 Å². The van der Waals surface area contributed by atoms with Crippen molar-refractivity contribution in [1.82, 2.24) is 15.3 Å². The Hall–Kier alpha value is -3.44. The number of carbonyl (C=O) groups excluding carboxylic acids is 1. The largest absolute Gasteiger partial charge is 0.346 e. The second kappa shape index (κ2) is 10.2. The van der Waals surface area contributed by atoms with Gasteiger partial charge in [0, 0.05) is 24.1 Å². The fourth-order valence-corrected chi connectivity index (χ4v) is 5.13. The highest BCUT2D eigenvalue weighted by Crippen LogP contribution is 2.30. The molecule has 4 N–H and O–H groups in total. The number of fused-ring (bicyclic) bond motifs is 1.